The minimum atomic E-state index is -0.600. The smallest absolute Gasteiger partial charge is 0.407 e. The number of unbranched alkanes of at least 4 members (excludes halogenated alkanes) is 8. The highest BCUT2D eigenvalue weighted by atomic mass is 16.6. The summed E-state index contributed by atoms with van der Waals surface area (Å²) in [7, 11) is 2.88. The highest BCUT2D eigenvalue weighted by molar-refractivity contribution is 5.71. The second-order valence-corrected chi connectivity index (χ2v) is 29.6. The average Bonchev–Trinajstić information content (AvgIpc) is 3.69. The van der Waals surface area contributed by atoms with E-state index in [1.807, 2.05) is 0 Å². The summed E-state index contributed by atoms with van der Waals surface area (Å²) < 4.78 is 39.5. The van der Waals surface area contributed by atoms with Gasteiger partial charge in [0.05, 0.1) is 26.2 Å². The van der Waals surface area contributed by atoms with Crippen molar-refractivity contribution in [3.8, 4) is 0 Å². The molecule has 0 aromatic carbocycles. The van der Waals surface area contributed by atoms with Gasteiger partial charge in [0.15, 0.2) is 0 Å². The predicted octanol–water partition coefficient (Wildman–Crippen LogP) is 18.1. The van der Waals surface area contributed by atoms with Crippen LogP contribution in [0.2, 0.25) is 0 Å². The molecule has 3 atom stereocenters. The Morgan fingerprint density at radius 1 is 0.400 bits per heavy atom. The first-order valence-electron chi connectivity index (χ1n) is 37.6. The molecule has 0 aromatic rings. The molecule has 90 heavy (non-hydrogen) atoms. The Kier molecular flexibility index (Phi) is 39.1. The maximum absolute atomic E-state index is 13.7. The minimum Gasteiger partial charge on any atom is -0.469 e. The third-order valence-corrected chi connectivity index (χ3v) is 22.5. The summed E-state index contributed by atoms with van der Waals surface area (Å²) >= 11 is 0. The van der Waals surface area contributed by atoms with Crippen LogP contribution in [0.15, 0.2) is 0 Å². The number of esters is 4. The molecule has 0 spiro atoms. The van der Waals surface area contributed by atoms with E-state index in [2.05, 4.69) is 38.3 Å². The molecule has 5 saturated carbocycles. The Balaban J connectivity index is 0.959. The third kappa shape index (κ3) is 32.5. The standard InChI is InChI=1S/C75H132N2O13/c1-7-11-13-15-17-21-57(20-16-14-12-8-2)44-45-86-54-75(10-4,55-89-71(80)52-65-36-28-61(29-37-65)48-59-24-32-63(33-25-59)50-69(78)84-5)56-90-72(81)53-66-38-30-62(31-39-66)49-60-26-34-64(35-27-60)51-70(79)87-46-47-88-74(83)77-68-42-40-58(41-43-68)22-18-19-23-67(9-3)76-73(82)85-6/h57-68H,7-56H2,1-6H3,(H,76,82)(H,77,83). The molecule has 0 aliphatic heterocycles. The molecular formula is C75H132N2O13. The number of rotatable bonds is 44. The fourth-order valence-electron chi connectivity index (χ4n) is 16.1. The third-order valence-electron chi connectivity index (χ3n) is 22.5. The van der Waals surface area contributed by atoms with Gasteiger partial charge in [-0.15, -0.1) is 0 Å². The zero-order valence-corrected chi connectivity index (χ0v) is 58.1. The second kappa shape index (κ2) is 45.7. The van der Waals surface area contributed by atoms with Gasteiger partial charge in [-0.05, 0) is 175 Å². The number of methoxy groups -OCH3 is 2. The molecule has 15 heteroatoms. The fraction of sp³-hybridized carbons (Fsp3) is 0.920. The van der Waals surface area contributed by atoms with Gasteiger partial charge in [-0.25, -0.2) is 9.59 Å². The van der Waals surface area contributed by atoms with E-state index in [1.54, 1.807) is 0 Å². The van der Waals surface area contributed by atoms with Crippen LogP contribution in [0.3, 0.4) is 0 Å². The van der Waals surface area contributed by atoms with Gasteiger partial charge < -0.3 is 43.8 Å². The summed E-state index contributed by atoms with van der Waals surface area (Å²) in [4.78, 5) is 76.1. The van der Waals surface area contributed by atoms with Gasteiger partial charge in [0.1, 0.15) is 26.4 Å². The monoisotopic (exact) mass is 1270 g/mol. The minimum absolute atomic E-state index is 0.0493. The number of hydrogen-bond donors (Lipinski definition) is 2. The molecule has 5 fully saturated rings. The van der Waals surface area contributed by atoms with Crippen molar-refractivity contribution in [3.05, 3.63) is 0 Å². The normalized spacial score (nSPS) is 26.0. The Morgan fingerprint density at radius 2 is 0.822 bits per heavy atom. The quantitative estimate of drug-likeness (QED) is 0.0333. The van der Waals surface area contributed by atoms with Crippen LogP contribution < -0.4 is 10.6 Å². The average molecular weight is 1270 g/mol. The molecule has 5 rings (SSSR count). The van der Waals surface area contributed by atoms with E-state index in [0.717, 1.165) is 141 Å². The van der Waals surface area contributed by atoms with Crippen molar-refractivity contribution in [2.45, 2.75) is 322 Å². The van der Waals surface area contributed by atoms with Crippen molar-refractivity contribution < 1.29 is 61.9 Å². The first-order chi connectivity index (χ1) is 43.7. The van der Waals surface area contributed by atoms with Crippen molar-refractivity contribution >= 4 is 36.1 Å². The van der Waals surface area contributed by atoms with Crippen LogP contribution in [-0.2, 0) is 52.3 Å². The van der Waals surface area contributed by atoms with Crippen LogP contribution in [0.4, 0.5) is 9.59 Å². The lowest BCUT2D eigenvalue weighted by molar-refractivity contribution is -0.159. The second-order valence-electron chi connectivity index (χ2n) is 29.6. The highest BCUT2D eigenvalue weighted by Gasteiger charge is 2.36. The lowest BCUT2D eigenvalue weighted by Crippen LogP contribution is -2.39. The topological polar surface area (TPSA) is 191 Å². The zero-order valence-electron chi connectivity index (χ0n) is 58.1. The van der Waals surface area contributed by atoms with E-state index in [4.69, 9.17) is 33.2 Å². The van der Waals surface area contributed by atoms with Crippen molar-refractivity contribution in [3.63, 3.8) is 0 Å². The lowest BCUT2D eigenvalue weighted by Gasteiger charge is -2.34. The van der Waals surface area contributed by atoms with Gasteiger partial charge in [-0.1, -0.05) is 169 Å². The van der Waals surface area contributed by atoms with Crippen LogP contribution in [0.25, 0.3) is 0 Å². The van der Waals surface area contributed by atoms with E-state index in [0.29, 0.717) is 98.6 Å². The van der Waals surface area contributed by atoms with Crippen LogP contribution in [0.1, 0.15) is 310 Å². The van der Waals surface area contributed by atoms with Crippen molar-refractivity contribution in [1.29, 1.82) is 0 Å². The Hall–Kier alpha value is -3.62. The molecule has 0 radical (unpaired) electrons. The van der Waals surface area contributed by atoms with Gasteiger partial charge in [0.2, 0.25) is 0 Å². The number of nitrogens with one attached hydrogen (secondary N) is 2. The van der Waals surface area contributed by atoms with Crippen LogP contribution in [0.5, 0.6) is 0 Å². The molecule has 520 valence electrons. The van der Waals surface area contributed by atoms with Gasteiger partial charge in [0, 0.05) is 44.4 Å². The van der Waals surface area contributed by atoms with Gasteiger partial charge >= 0.3 is 36.1 Å². The number of ether oxygens (including phenoxy) is 7. The largest absolute Gasteiger partial charge is 0.469 e. The molecule has 5 aliphatic rings. The fourth-order valence-corrected chi connectivity index (χ4v) is 16.1. The van der Waals surface area contributed by atoms with E-state index >= 15 is 0 Å². The lowest BCUT2D eigenvalue weighted by atomic mass is 9.72. The van der Waals surface area contributed by atoms with Crippen molar-refractivity contribution in [2.75, 3.05) is 53.9 Å². The molecule has 15 nitrogen and oxygen atoms in total. The Bertz CT molecular complexity index is 1950. The van der Waals surface area contributed by atoms with E-state index < -0.39 is 11.5 Å². The van der Waals surface area contributed by atoms with Crippen LogP contribution in [-0.4, -0.2) is 102 Å². The number of alkyl carbamates (subject to hydrolysis) is 2. The Morgan fingerprint density at radius 3 is 1.28 bits per heavy atom. The first kappa shape index (κ1) is 77.1. The van der Waals surface area contributed by atoms with Gasteiger partial charge in [-0.2, -0.15) is 0 Å². The van der Waals surface area contributed by atoms with E-state index in [1.165, 1.54) is 130 Å². The molecule has 5 aliphatic carbocycles. The first-order valence-corrected chi connectivity index (χ1v) is 37.6. The molecule has 0 saturated heterocycles. The molecule has 0 bridgehead atoms. The van der Waals surface area contributed by atoms with E-state index in [-0.39, 0.29) is 68.5 Å². The molecular weight excluding hydrogens is 1140 g/mol. The Labute approximate surface area is 547 Å². The summed E-state index contributed by atoms with van der Waals surface area (Å²) in [5.74, 6) is 4.97. The van der Waals surface area contributed by atoms with Crippen molar-refractivity contribution in [1.82, 2.24) is 10.6 Å². The van der Waals surface area contributed by atoms with Crippen LogP contribution >= 0.6 is 0 Å². The van der Waals surface area contributed by atoms with Crippen molar-refractivity contribution in [2.24, 2.45) is 64.6 Å². The summed E-state index contributed by atoms with van der Waals surface area (Å²) in [6.45, 7) is 10.3. The number of hydrogen-bond acceptors (Lipinski definition) is 13. The molecule has 0 aromatic heterocycles. The summed E-state index contributed by atoms with van der Waals surface area (Å²) in [6, 6.07) is 0.260. The molecule has 2 amide bonds. The SMILES string of the molecule is CCCCCCCC(CCCCCC)CCOCC(CC)(COC(=O)CC1CCC(CC2CCC(CC(=O)OC)CC2)CC1)COC(=O)CC1CCC(CC2CCC(CC(=O)OCCOC(=O)NC3CCC(CCCCC(CC)NC(=O)OC)CC3)CC2)CC1. The van der Waals surface area contributed by atoms with Crippen LogP contribution in [0, 0.1) is 64.6 Å². The maximum Gasteiger partial charge on any atom is 0.407 e. The number of amides is 2. The molecule has 0 heterocycles. The summed E-state index contributed by atoms with van der Waals surface area (Å²) in [5.41, 5.74) is -0.600. The predicted molar refractivity (Wildman–Crippen MR) is 356 cm³/mol. The van der Waals surface area contributed by atoms with E-state index in [9.17, 15) is 28.8 Å². The maximum atomic E-state index is 13.7. The number of carbonyl (C=O) groups is 6. The zero-order chi connectivity index (χ0) is 64.6. The summed E-state index contributed by atoms with van der Waals surface area (Å²) in [5, 5.41) is 5.92. The van der Waals surface area contributed by atoms with Gasteiger partial charge in [0.25, 0.3) is 0 Å². The highest BCUT2D eigenvalue weighted by Crippen LogP contribution is 2.42. The van der Waals surface area contributed by atoms with Gasteiger partial charge in [-0.3, -0.25) is 19.2 Å². The summed E-state index contributed by atoms with van der Waals surface area (Å²) in [6.07, 6.45) is 46.4. The molecule has 3 unspecified atom stereocenters. The number of carbonyl (C=O) groups excluding carboxylic acids is 6. The molecule has 2 N–H and O–H groups in total.